The van der Waals surface area contributed by atoms with Crippen LogP contribution in [0.15, 0.2) is 40.9 Å². The normalized spacial score (nSPS) is 19.2. The van der Waals surface area contributed by atoms with E-state index < -0.39 is 0 Å². The van der Waals surface area contributed by atoms with Gasteiger partial charge >= 0.3 is 0 Å². The molecule has 0 aliphatic carbocycles. The number of likely N-dealkylation sites (tertiary alicyclic amines) is 1. The van der Waals surface area contributed by atoms with Gasteiger partial charge in [0.15, 0.2) is 0 Å². The lowest BCUT2D eigenvalue weighted by Crippen LogP contribution is -2.41. The quantitative estimate of drug-likeness (QED) is 0.674. The van der Waals surface area contributed by atoms with E-state index in [1.54, 1.807) is 22.4 Å². The zero-order chi connectivity index (χ0) is 21.2. The minimum atomic E-state index is -0.123. The molecule has 0 saturated carbocycles. The van der Waals surface area contributed by atoms with E-state index in [0.717, 1.165) is 43.6 Å². The van der Waals surface area contributed by atoms with E-state index in [0.29, 0.717) is 31.2 Å². The first-order valence-electron chi connectivity index (χ1n) is 10.6. The average molecular weight is 437 g/mol. The Morgan fingerprint density at radius 3 is 3.03 bits per heavy atom. The van der Waals surface area contributed by atoms with Crippen molar-refractivity contribution < 1.29 is 4.79 Å². The Morgan fingerprint density at radius 1 is 1.29 bits per heavy atom. The van der Waals surface area contributed by atoms with Crippen molar-refractivity contribution in [3.05, 3.63) is 74.1 Å². The van der Waals surface area contributed by atoms with Crippen molar-refractivity contribution >= 4 is 17.2 Å². The second-order valence-corrected chi connectivity index (χ2v) is 9.13. The van der Waals surface area contributed by atoms with Crippen LogP contribution in [0.5, 0.6) is 0 Å². The Kier molecular flexibility index (Phi) is 5.61. The standard InChI is InChI=1S/C22H24N6O2S/c29-21-17-14-27(13-16-4-2-10-31-16)9-5-18(17)25-20(26-21)15-3-1-8-28(12-15)22(30)19-11-23-6-7-24-19/h2,4,6-7,10-11,15H,1,3,5,8-9,12-14H2,(H,25,26,29)/t15-/m1/s1. The van der Waals surface area contributed by atoms with Gasteiger partial charge in [-0.05, 0) is 24.3 Å². The predicted molar refractivity (Wildman–Crippen MR) is 117 cm³/mol. The minimum absolute atomic E-state index is 0.0246. The molecule has 5 heterocycles. The second-order valence-electron chi connectivity index (χ2n) is 8.10. The number of carbonyl (C=O) groups excluding carboxylic acids is 1. The van der Waals surface area contributed by atoms with Crippen LogP contribution in [-0.2, 0) is 19.5 Å². The van der Waals surface area contributed by atoms with Crippen LogP contribution in [0.3, 0.4) is 0 Å². The molecule has 0 bridgehead atoms. The molecule has 5 rings (SSSR count). The number of rotatable bonds is 4. The minimum Gasteiger partial charge on any atom is -0.337 e. The lowest BCUT2D eigenvalue weighted by molar-refractivity contribution is 0.0697. The molecule has 160 valence electrons. The molecular formula is C22H24N6O2S. The van der Waals surface area contributed by atoms with Crippen LogP contribution in [0.2, 0.25) is 0 Å². The Bertz CT molecular complexity index is 1110. The Balaban J connectivity index is 1.32. The van der Waals surface area contributed by atoms with Crippen molar-refractivity contribution in [1.29, 1.82) is 0 Å². The molecule has 9 heteroatoms. The number of nitrogens with zero attached hydrogens (tertiary/aromatic N) is 5. The molecule has 8 nitrogen and oxygen atoms in total. The molecule has 1 saturated heterocycles. The summed E-state index contributed by atoms with van der Waals surface area (Å²) in [6.07, 6.45) is 7.11. The largest absolute Gasteiger partial charge is 0.337 e. The number of aromatic amines is 1. The number of amides is 1. The number of nitrogens with one attached hydrogen (secondary N) is 1. The molecule has 1 atom stereocenters. The average Bonchev–Trinajstić information content (AvgIpc) is 3.32. The molecule has 31 heavy (non-hydrogen) atoms. The topological polar surface area (TPSA) is 95.1 Å². The van der Waals surface area contributed by atoms with Crippen molar-refractivity contribution in [2.45, 2.75) is 38.3 Å². The summed E-state index contributed by atoms with van der Waals surface area (Å²) in [6, 6.07) is 4.18. The number of carbonyl (C=O) groups is 1. The maximum Gasteiger partial charge on any atom is 0.274 e. The van der Waals surface area contributed by atoms with Crippen LogP contribution in [-0.4, -0.2) is 55.3 Å². The van der Waals surface area contributed by atoms with Gasteiger partial charge in [-0.15, -0.1) is 11.3 Å². The highest BCUT2D eigenvalue weighted by Crippen LogP contribution is 2.26. The number of aromatic nitrogens is 4. The van der Waals surface area contributed by atoms with Crippen molar-refractivity contribution in [3.8, 4) is 0 Å². The van der Waals surface area contributed by atoms with Crippen molar-refractivity contribution in [3.63, 3.8) is 0 Å². The zero-order valence-corrected chi connectivity index (χ0v) is 18.0. The third-order valence-electron chi connectivity index (χ3n) is 6.00. The van der Waals surface area contributed by atoms with Crippen molar-refractivity contribution in [2.24, 2.45) is 0 Å². The molecule has 0 unspecified atom stereocenters. The molecule has 2 aliphatic rings. The molecule has 2 aliphatic heterocycles. The monoisotopic (exact) mass is 436 g/mol. The lowest BCUT2D eigenvalue weighted by atomic mass is 9.96. The predicted octanol–water partition coefficient (Wildman–Crippen LogP) is 2.20. The molecule has 0 spiro atoms. The van der Waals surface area contributed by atoms with Gasteiger partial charge in [0.25, 0.3) is 11.5 Å². The van der Waals surface area contributed by atoms with E-state index >= 15 is 0 Å². The maximum absolute atomic E-state index is 12.9. The molecule has 1 N–H and O–H groups in total. The lowest BCUT2D eigenvalue weighted by Gasteiger charge is -2.33. The van der Waals surface area contributed by atoms with Crippen LogP contribution in [0.4, 0.5) is 0 Å². The third-order valence-corrected chi connectivity index (χ3v) is 6.86. The van der Waals surface area contributed by atoms with Crippen LogP contribution in [0.25, 0.3) is 0 Å². The van der Waals surface area contributed by atoms with Gasteiger partial charge < -0.3 is 9.88 Å². The third kappa shape index (κ3) is 4.28. The molecule has 0 aromatic carbocycles. The number of hydrogen-bond donors (Lipinski definition) is 1. The Morgan fingerprint density at radius 2 is 2.23 bits per heavy atom. The van der Waals surface area contributed by atoms with Crippen molar-refractivity contribution in [1.82, 2.24) is 29.7 Å². The summed E-state index contributed by atoms with van der Waals surface area (Å²) in [4.78, 5) is 47.1. The number of piperidine rings is 1. The fourth-order valence-corrected chi connectivity index (χ4v) is 5.15. The number of H-pyrrole nitrogens is 1. The smallest absolute Gasteiger partial charge is 0.274 e. The molecule has 1 amide bonds. The van der Waals surface area contributed by atoms with Crippen LogP contribution in [0.1, 0.15) is 51.2 Å². The van der Waals surface area contributed by atoms with E-state index in [1.807, 2.05) is 0 Å². The van der Waals surface area contributed by atoms with Gasteiger partial charge in [-0.2, -0.15) is 0 Å². The van der Waals surface area contributed by atoms with Crippen molar-refractivity contribution in [2.75, 3.05) is 19.6 Å². The summed E-state index contributed by atoms with van der Waals surface area (Å²) >= 11 is 1.74. The van der Waals surface area contributed by atoms with E-state index in [9.17, 15) is 9.59 Å². The highest BCUT2D eigenvalue weighted by molar-refractivity contribution is 7.09. The second kappa shape index (κ2) is 8.68. The first kappa shape index (κ1) is 20.0. The number of thiophene rings is 1. The zero-order valence-electron chi connectivity index (χ0n) is 17.2. The van der Waals surface area contributed by atoms with Crippen LogP contribution in [0, 0.1) is 0 Å². The van der Waals surface area contributed by atoms with Gasteiger partial charge in [-0.25, -0.2) is 9.97 Å². The summed E-state index contributed by atoms with van der Waals surface area (Å²) in [5.74, 6) is 0.603. The molecule has 1 fully saturated rings. The number of fused-ring (bicyclic) bond motifs is 1. The van der Waals surface area contributed by atoms with Gasteiger partial charge in [0.1, 0.15) is 11.5 Å². The first-order chi connectivity index (χ1) is 15.2. The molecule has 0 radical (unpaired) electrons. The summed E-state index contributed by atoms with van der Waals surface area (Å²) in [5, 5.41) is 2.08. The highest BCUT2D eigenvalue weighted by atomic mass is 32.1. The summed E-state index contributed by atoms with van der Waals surface area (Å²) in [6.45, 7) is 3.58. The highest BCUT2D eigenvalue weighted by Gasteiger charge is 2.29. The molecule has 3 aromatic rings. The summed E-state index contributed by atoms with van der Waals surface area (Å²) < 4.78 is 0. The van der Waals surface area contributed by atoms with E-state index in [2.05, 4.69) is 37.4 Å². The fraction of sp³-hybridized carbons (Fsp3) is 0.409. The van der Waals surface area contributed by atoms with E-state index in [4.69, 9.17) is 4.98 Å². The van der Waals surface area contributed by atoms with Gasteiger partial charge in [0, 0.05) is 62.3 Å². The molecule has 3 aromatic heterocycles. The summed E-state index contributed by atoms with van der Waals surface area (Å²) in [7, 11) is 0. The van der Waals surface area contributed by atoms with Gasteiger partial charge in [0.2, 0.25) is 0 Å². The Labute approximate surface area is 184 Å². The summed E-state index contributed by atoms with van der Waals surface area (Å²) in [5.41, 5.74) is 1.97. The Hall–Kier alpha value is -2.91. The van der Waals surface area contributed by atoms with E-state index in [-0.39, 0.29) is 17.4 Å². The van der Waals surface area contributed by atoms with Gasteiger partial charge in [-0.1, -0.05) is 6.07 Å². The first-order valence-corrected chi connectivity index (χ1v) is 11.5. The SMILES string of the molecule is O=C(c1cnccn1)N1CCC[C@@H](c2nc3c(c(=O)[nH]2)CN(Cc2cccs2)CC3)C1. The number of hydrogen-bond acceptors (Lipinski definition) is 7. The van der Waals surface area contributed by atoms with Crippen LogP contribution >= 0.6 is 11.3 Å². The van der Waals surface area contributed by atoms with E-state index in [1.165, 1.54) is 17.3 Å². The fourth-order valence-electron chi connectivity index (χ4n) is 4.41. The van der Waals surface area contributed by atoms with Gasteiger partial charge in [0.05, 0.1) is 17.5 Å². The van der Waals surface area contributed by atoms with Crippen LogP contribution < -0.4 is 5.56 Å². The van der Waals surface area contributed by atoms with Gasteiger partial charge in [-0.3, -0.25) is 19.5 Å². The maximum atomic E-state index is 12.9. The molecular weight excluding hydrogens is 412 g/mol.